The summed E-state index contributed by atoms with van der Waals surface area (Å²) >= 11 is 0. The molecule has 7 nitrogen and oxygen atoms in total. The monoisotopic (exact) mass is 478 g/mol. The summed E-state index contributed by atoms with van der Waals surface area (Å²) in [6.07, 6.45) is 5.78. The number of imide groups is 1. The summed E-state index contributed by atoms with van der Waals surface area (Å²) in [6, 6.07) is 17.3. The maximum atomic E-state index is 13.1. The molecule has 0 radical (unpaired) electrons. The number of nitrogens with one attached hydrogen (secondary N) is 1. The molecule has 1 aromatic heterocycles. The van der Waals surface area contributed by atoms with E-state index in [1.54, 1.807) is 12.1 Å². The molecular formula is C29H26N4O3. The van der Waals surface area contributed by atoms with Crippen LogP contribution >= 0.6 is 0 Å². The van der Waals surface area contributed by atoms with Crippen LogP contribution in [0.4, 0.5) is 6.01 Å². The lowest BCUT2D eigenvalue weighted by Crippen LogP contribution is -2.41. The zero-order chi connectivity index (χ0) is 24.8. The fourth-order valence-corrected chi connectivity index (χ4v) is 5.21. The highest BCUT2D eigenvalue weighted by atomic mass is 16.4. The first-order valence-corrected chi connectivity index (χ1v) is 12.2. The Morgan fingerprint density at radius 1 is 1.06 bits per heavy atom. The van der Waals surface area contributed by atoms with Crippen LogP contribution in [0, 0.1) is 5.92 Å². The van der Waals surface area contributed by atoms with Gasteiger partial charge in [-0.3, -0.25) is 14.5 Å². The highest BCUT2D eigenvalue weighted by molar-refractivity contribution is 6.25. The first-order valence-electron chi connectivity index (χ1n) is 12.2. The van der Waals surface area contributed by atoms with Gasteiger partial charge in [-0.15, -0.1) is 0 Å². The van der Waals surface area contributed by atoms with Crippen molar-refractivity contribution in [2.45, 2.75) is 19.8 Å². The number of carbonyl (C=O) groups excluding carboxylic acids is 2. The number of allylic oxidation sites excluding steroid dienone is 4. The van der Waals surface area contributed by atoms with Crippen molar-refractivity contribution in [3.05, 3.63) is 89.1 Å². The number of nitrogen functional groups attached to an aromatic ring is 1. The summed E-state index contributed by atoms with van der Waals surface area (Å²) in [5, 5.41) is 5.19. The van der Waals surface area contributed by atoms with E-state index in [-0.39, 0.29) is 17.8 Å². The van der Waals surface area contributed by atoms with Gasteiger partial charge in [0, 0.05) is 35.3 Å². The van der Waals surface area contributed by atoms with Crippen LogP contribution in [0.2, 0.25) is 0 Å². The molecule has 6 rings (SSSR count). The van der Waals surface area contributed by atoms with Crippen LogP contribution in [-0.2, 0) is 0 Å². The van der Waals surface area contributed by atoms with E-state index >= 15 is 0 Å². The Morgan fingerprint density at radius 2 is 1.81 bits per heavy atom. The highest BCUT2D eigenvalue weighted by Crippen LogP contribution is 2.32. The number of rotatable bonds is 6. The van der Waals surface area contributed by atoms with Crippen LogP contribution in [0.3, 0.4) is 0 Å². The van der Waals surface area contributed by atoms with Crippen molar-refractivity contribution in [3.8, 4) is 0 Å². The quantitative estimate of drug-likeness (QED) is 0.294. The van der Waals surface area contributed by atoms with Crippen molar-refractivity contribution in [1.82, 2.24) is 15.2 Å². The second-order valence-electron chi connectivity index (χ2n) is 9.41. The zero-order valence-corrected chi connectivity index (χ0v) is 20.0. The van der Waals surface area contributed by atoms with E-state index < -0.39 is 0 Å². The second kappa shape index (κ2) is 8.68. The lowest BCUT2D eigenvalue weighted by Gasteiger charge is -2.28. The minimum absolute atomic E-state index is 0.175. The third kappa shape index (κ3) is 3.73. The van der Waals surface area contributed by atoms with Gasteiger partial charge in [-0.1, -0.05) is 43.3 Å². The highest BCUT2D eigenvalue weighted by Gasteiger charge is 2.32. The summed E-state index contributed by atoms with van der Waals surface area (Å²) in [4.78, 5) is 31.7. The Labute approximate surface area is 208 Å². The largest absolute Gasteiger partial charge is 0.424 e. The molecule has 1 aliphatic carbocycles. The minimum Gasteiger partial charge on any atom is -0.424 e. The molecule has 1 unspecified atom stereocenters. The molecule has 7 heteroatoms. The third-order valence-corrected chi connectivity index (χ3v) is 7.04. The Bertz CT molecular complexity index is 1550. The average Bonchev–Trinajstić information content (AvgIpc) is 3.26. The number of aromatic nitrogens is 1. The molecule has 0 fully saturated rings. The molecular weight excluding hydrogens is 452 g/mol. The summed E-state index contributed by atoms with van der Waals surface area (Å²) in [6.45, 7) is 3.23. The molecule has 36 heavy (non-hydrogen) atoms. The fourth-order valence-electron chi connectivity index (χ4n) is 5.21. The number of oxazole rings is 1. The maximum absolute atomic E-state index is 13.1. The van der Waals surface area contributed by atoms with Gasteiger partial charge >= 0.3 is 0 Å². The van der Waals surface area contributed by atoms with Crippen molar-refractivity contribution < 1.29 is 14.0 Å². The van der Waals surface area contributed by atoms with E-state index in [4.69, 9.17) is 10.2 Å². The van der Waals surface area contributed by atoms with Crippen LogP contribution in [0.5, 0.6) is 0 Å². The van der Waals surface area contributed by atoms with Crippen molar-refractivity contribution >= 4 is 45.3 Å². The molecule has 2 aliphatic rings. The van der Waals surface area contributed by atoms with Crippen LogP contribution in [0.25, 0.3) is 27.4 Å². The average molecular weight is 479 g/mol. The molecule has 0 saturated heterocycles. The van der Waals surface area contributed by atoms with Gasteiger partial charge in [-0.05, 0) is 65.6 Å². The van der Waals surface area contributed by atoms with Gasteiger partial charge in [0.2, 0.25) is 0 Å². The molecule has 1 aliphatic heterocycles. The molecule has 4 aromatic rings. The number of amides is 2. The van der Waals surface area contributed by atoms with Gasteiger partial charge in [0.15, 0.2) is 5.58 Å². The van der Waals surface area contributed by atoms with Crippen LogP contribution < -0.4 is 11.1 Å². The smallest absolute Gasteiger partial charge is 0.292 e. The van der Waals surface area contributed by atoms with E-state index in [1.807, 2.05) is 42.5 Å². The zero-order valence-electron chi connectivity index (χ0n) is 20.0. The number of hydrogen-bond donors (Lipinski definition) is 2. The standard InChI is InChI=1S/C29H26N4O3/c1-17-15-19(20-10-12-24-25(16-20)36-29(30)32-24)9-11-23(17)31-13-4-14-33-27(34)21-7-2-5-18-6-3-8-22(26(18)21)28(33)35/h2-3,5-12,16-17,31H,4,13-15H2,1H3,(H2,30,32). The Balaban J connectivity index is 1.11. The summed E-state index contributed by atoms with van der Waals surface area (Å²) in [5.41, 5.74) is 11.8. The Morgan fingerprint density at radius 3 is 2.53 bits per heavy atom. The summed E-state index contributed by atoms with van der Waals surface area (Å²) < 4.78 is 5.47. The number of anilines is 1. The minimum atomic E-state index is -0.215. The SMILES string of the molecule is CC1CC(c2ccc3nc(N)oc3c2)=CC=C1NCCCN1C(=O)c2cccc3cccc(c23)C1=O. The van der Waals surface area contributed by atoms with Gasteiger partial charge < -0.3 is 15.5 Å². The van der Waals surface area contributed by atoms with Crippen molar-refractivity contribution in [2.24, 2.45) is 5.92 Å². The second-order valence-corrected chi connectivity index (χ2v) is 9.41. The first kappa shape index (κ1) is 22.1. The Kier molecular flexibility index (Phi) is 5.33. The van der Waals surface area contributed by atoms with E-state index in [2.05, 4.69) is 29.4 Å². The van der Waals surface area contributed by atoms with E-state index in [1.165, 1.54) is 10.5 Å². The number of nitrogens with two attached hydrogens (primary N) is 1. The topological polar surface area (TPSA) is 101 Å². The number of carbonyl (C=O) groups is 2. The van der Waals surface area contributed by atoms with E-state index in [0.717, 1.165) is 34.0 Å². The number of benzene rings is 3. The normalized spacial score (nSPS) is 17.5. The predicted molar refractivity (Wildman–Crippen MR) is 140 cm³/mol. The van der Waals surface area contributed by atoms with Crippen LogP contribution in [-0.4, -0.2) is 34.8 Å². The van der Waals surface area contributed by atoms with E-state index in [0.29, 0.717) is 42.1 Å². The van der Waals surface area contributed by atoms with Crippen molar-refractivity contribution in [3.63, 3.8) is 0 Å². The first-order chi connectivity index (χ1) is 17.5. The van der Waals surface area contributed by atoms with Crippen LogP contribution in [0.1, 0.15) is 46.0 Å². The van der Waals surface area contributed by atoms with Gasteiger partial charge in [0.1, 0.15) is 5.52 Å². The molecule has 0 saturated carbocycles. The maximum Gasteiger partial charge on any atom is 0.292 e. The summed E-state index contributed by atoms with van der Waals surface area (Å²) in [7, 11) is 0. The lowest BCUT2D eigenvalue weighted by atomic mass is 9.88. The fraction of sp³-hybridized carbons (Fsp3) is 0.207. The van der Waals surface area contributed by atoms with Crippen molar-refractivity contribution in [1.29, 1.82) is 0 Å². The van der Waals surface area contributed by atoms with Gasteiger partial charge in [0.25, 0.3) is 17.8 Å². The van der Waals surface area contributed by atoms with Gasteiger partial charge in [-0.25, -0.2) is 0 Å². The predicted octanol–water partition coefficient (Wildman–Crippen LogP) is 5.15. The summed E-state index contributed by atoms with van der Waals surface area (Å²) in [5.74, 6) is -0.122. The van der Waals surface area contributed by atoms with E-state index in [9.17, 15) is 9.59 Å². The molecule has 2 amide bonds. The van der Waals surface area contributed by atoms with Gasteiger partial charge in [0.05, 0.1) is 0 Å². The molecule has 1 atom stereocenters. The molecule has 0 bridgehead atoms. The number of hydrogen-bond acceptors (Lipinski definition) is 6. The third-order valence-electron chi connectivity index (χ3n) is 7.04. The van der Waals surface area contributed by atoms with Gasteiger partial charge in [-0.2, -0.15) is 4.98 Å². The molecule has 0 spiro atoms. The molecule has 3 aromatic carbocycles. The Hall–Kier alpha value is -4.39. The molecule has 3 N–H and O–H groups in total. The lowest BCUT2D eigenvalue weighted by molar-refractivity contribution is 0.0609. The molecule has 180 valence electrons. The number of nitrogens with zero attached hydrogens (tertiary/aromatic N) is 2. The van der Waals surface area contributed by atoms with Crippen molar-refractivity contribution in [2.75, 3.05) is 18.8 Å². The number of fused-ring (bicyclic) bond motifs is 1. The van der Waals surface area contributed by atoms with Crippen LogP contribution in [0.15, 0.2) is 76.9 Å². The molecule has 2 heterocycles.